The molecule has 11 heteroatoms. The first-order valence-electron chi connectivity index (χ1n) is 11.1. The number of nitrogens with zero attached hydrogens (tertiary/aromatic N) is 4. The van der Waals surface area contributed by atoms with E-state index in [1.807, 2.05) is 6.92 Å². The van der Waals surface area contributed by atoms with Gasteiger partial charge in [0.15, 0.2) is 9.84 Å². The molecule has 1 N–H and O–H groups in total. The number of halogens is 2. The molecule has 2 aromatic heterocycles. The number of benzene rings is 1. The van der Waals surface area contributed by atoms with Gasteiger partial charge in [0, 0.05) is 31.2 Å². The molecule has 1 aliphatic carbocycles. The first-order valence-corrected chi connectivity index (χ1v) is 13.0. The van der Waals surface area contributed by atoms with Gasteiger partial charge < -0.3 is 5.32 Å². The zero-order valence-corrected chi connectivity index (χ0v) is 19.9. The van der Waals surface area contributed by atoms with Crippen LogP contribution in [0.2, 0.25) is 0 Å². The van der Waals surface area contributed by atoms with Crippen LogP contribution in [0.15, 0.2) is 46.4 Å². The average molecular weight is 500 g/mol. The lowest BCUT2D eigenvalue weighted by atomic mass is 10.1. The van der Waals surface area contributed by atoms with Gasteiger partial charge in [0.2, 0.25) is 0 Å². The lowest BCUT2D eigenvalue weighted by Gasteiger charge is -2.15. The van der Waals surface area contributed by atoms with Crippen LogP contribution in [0, 0.1) is 12.8 Å². The normalized spacial score (nSPS) is 15.3. The van der Waals surface area contributed by atoms with Crippen molar-refractivity contribution in [3.63, 3.8) is 0 Å². The Kier molecular flexibility index (Phi) is 5.74. The highest BCUT2D eigenvalue weighted by Crippen LogP contribution is 2.39. The van der Waals surface area contributed by atoms with Crippen molar-refractivity contribution >= 4 is 38.4 Å². The van der Waals surface area contributed by atoms with Gasteiger partial charge in [0.1, 0.15) is 11.5 Å². The smallest absolute Gasteiger partial charge is 0.277 e. The van der Waals surface area contributed by atoms with E-state index in [2.05, 4.69) is 20.4 Å². The van der Waals surface area contributed by atoms with Crippen molar-refractivity contribution in [2.45, 2.75) is 43.9 Å². The number of aliphatic imine (C=N–C) groups is 1. The Morgan fingerprint density at radius 2 is 1.97 bits per heavy atom. The summed E-state index contributed by atoms with van der Waals surface area (Å²) in [4.78, 5) is 20.9. The fourth-order valence-electron chi connectivity index (χ4n) is 4.06. The number of carbonyl (C=O) groups is 1. The molecule has 8 nitrogen and oxygen atoms in total. The minimum absolute atomic E-state index is 0.0142. The van der Waals surface area contributed by atoms with Crippen LogP contribution in [0.5, 0.6) is 0 Å². The molecule has 0 saturated heterocycles. The summed E-state index contributed by atoms with van der Waals surface area (Å²) in [5, 5.41) is 7.39. The van der Waals surface area contributed by atoms with Crippen LogP contribution in [-0.4, -0.2) is 47.4 Å². The van der Waals surface area contributed by atoms with Crippen LogP contribution in [0.3, 0.4) is 0 Å². The van der Waals surface area contributed by atoms with Crippen LogP contribution in [-0.2, 0) is 27.5 Å². The van der Waals surface area contributed by atoms with E-state index < -0.39 is 16.3 Å². The lowest BCUT2D eigenvalue weighted by Crippen LogP contribution is -2.11. The van der Waals surface area contributed by atoms with Gasteiger partial charge in [-0.15, -0.1) is 0 Å². The molecule has 35 heavy (non-hydrogen) atoms. The maximum atomic E-state index is 13.4. The standard InChI is InChI=1S/C24H23F2N5O3S/c1-13-7-8-31(30-13)16-5-6-17(22(11-16)35(2,33)34)28-18-9-15(10-21(32)14-3-4-14)27-19-12-20(24(25)26)29-23(18)19/h5-9,11,14,24H,3-4,10,12H2,1-2H3,(H,27,28). The number of nitrogens with one attached hydrogen (secondary N) is 1. The summed E-state index contributed by atoms with van der Waals surface area (Å²) in [5.74, 6) is 0.0942. The highest BCUT2D eigenvalue weighted by atomic mass is 32.2. The molecule has 3 heterocycles. The van der Waals surface area contributed by atoms with Crippen molar-refractivity contribution in [1.29, 1.82) is 0 Å². The summed E-state index contributed by atoms with van der Waals surface area (Å²) in [5.41, 5.74) is 2.62. The van der Waals surface area contributed by atoms with Crippen molar-refractivity contribution in [2.24, 2.45) is 10.9 Å². The second-order valence-electron chi connectivity index (χ2n) is 8.93. The first-order chi connectivity index (χ1) is 16.6. The summed E-state index contributed by atoms with van der Waals surface area (Å²) in [7, 11) is -3.68. The summed E-state index contributed by atoms with van der Waals surface area (Å²) in [6.45, 7) is 1.83. The molecular formula is C24H23F2N5O3S. The number of anilines is 2. The number of hydrogen-bond donors (Lipinski definition) is 1. The number of sulfone groups is 1. The second kappa shape index (κ2) is 8.63. The molecule has 2 aliphatic rings. The van der Waals surface area contributed by atoms with Gasteiger partial charge in [0.25, 0.3) is 6.43 Å². The van der Waals surface area contributed by atoms with Crippen molar-refractivity contribution < 1.29 is 22.0 Å². The summed E-state index contributed by atoms with van der Waals surface area (Å²) < 4.78 is 53.7. The third-order valence-corrected chi connectivity index (χ3v) is 7.12. The fraction of sp³-hybridized carbons (Fsp3) is 0.333. The Bertz CT molecular complexity index is 1480. The van der Waals surface area contributed by atoms with Gasteiger partial charge in [-0.05, 0) is 50.1 Å². The van der Waals surface area contributed by atoms with E-state index >= 15 is 0 Å². The third-order valence-electron chi connectivity index (χ3n) is 5.98. The van der Waals surface area contributed by atoms with Gasteiger partial charge in [-0.1, -0.05) is 0 Å². The molecule has 1 fully saturated rings. The number of aryl methyl sites for hydroxylation is 1. The Balaban J connectivity index is 1.56. The zero-order chi connectivity index (χ0) is 24.9. The van der Waals surface area contributed by atoms with Gasteiger partial charge in [-0.25, -0.2) is 26.9 Å². The predicted molar refractivity (Wildman–Crippen MR) is 127 cm³/mol. The number of hydrogen-bond acceptors (Lipinski definition) is 7. The summed E-state index contributed by atoms with van der Waals surface area (Å²) in [6, 6.07) is 8.19. The molecule has 0 atom stereocenters. The quantitative estimate of drug-likeness (QED) is 0.499. The van der Waals surface area contributed by atoms with E-state index in [9.17, 15) is 22.0 Å². The molecule has 0 radical (unpaired) electrons. The summed E-state index contributed by atoms with van der Waals surface area (Å²) >= 11 is 0. The topological polar surface area (TPSA) is 106 Å². The predicted octanol–water partition coefficient (Wildman–Crippen LogP) is 4.14. The van der Waals surface area contributed by atoms with E-state index in [1.54, 1.807) is 35.1 Å². The minimum Gasteiger partial charge on any atom is -0.353 e. The van der Waals surface area contributed by atoms with E-state index in [0.717, 1.165) is 24.8 Å². The number of alkyl halides is 2. The maximum Gasteiger partial charge on any atom is 0.277 e. The largest absolute Gasteiger partial charge is 0.353 e. The molecule has 1 aliphatic heterocycles. The monoisotopic (exact) mass is 499 g/mol. The first kappa shape index (κ1) is 23.3. The molecule has 0 spiro atoms. The SMILES string of the molecule is Cc1ccn(-c2ccc(Nc3cc(CC(=O)C4CC4)nc4c3N=C(C(F)F)C4)c(S(C)(=O)=O)c2)n1. The number of aromatic nitrogens is 3. The Labute approximate surface area is 201 Å². The van der Waals surface area contributed by atoms with Gasteiger partial charge in [0.05, 0.1) is 44.8 Å². The van der Waals surface area contributed by atoms with Crippen LogP contribution in [0.1, 0.15) is 29.9 Å². The van der Waals surface area contributed by atoms with Crippen molar-refractivity contribution in [3.05, 3.63) is 53.6 Å². The van der Waals surface area contributed by atoms with Crippen molar-refractivity contribution in [3.8, 4) is 5.69 Å². The van der Waals surface area contributed by atoms with E-state index in [-0.39, 0.29) is 46.5 Å². The Morgan fingerprint density at radius 3 is 2.60 bits per heavy atom. The minimum atomic E-state index is -3.68. The fourth-order valence-corrected chi connectivity index (χ4v) is 4.91. The van der Waals surface area contributed by atoms with Gasteiger partial charge in [-0.2, -0.15) is 5.10 Å². The molecule has 3 aromatic rings. The molecule has 0 unspecified atom stereocenters. The number of fused-ring (bicyclic) bond motifs is 1. The Morgan fingerprint density at radius 1 is 1.20 bits per heavy atom. The third kappa shape index (κ3) is 4.86. The molecular weight excluding hydrogens is 476 g/mol. The molecule has 1 aromatic carbocycles. The molecule has 1 saturated carbocycles. The highest BCUT2D eigenvalue weighted by Gasteiger charge is 2.31. The molecule has 182 valence electrons. The molecule has 5 rings (SSSR count). The Hall–Kier alpha value is -3.47. The van der Waals surface area contributed by atoms with Crippen molar-refractivity contribution in [1.82, 2.24) is 14.8 Å². The number of carbonyl (C=O) groups excluding carboxylic acids is 1. The number of rotatable bonds is 8. The van der Waals surface area contributed by atoms with Crippen molar-refractivity contribution in [2.75, 3.05) is 11.6 Å². The number of pyridine rings is 1. The lowest BCUT2D eigenvalue weighted by molar-refractivity contribution is -0.119. The molecule has 0 amide bonds. The van der Waals surface area contributed by atoms with Gasteiger partial charge >= 0.3 is 0 Å². The number of Topliss-reactive ketones (excluding diaryl/α,β-unsaturated/α-hetero) is 1. The van der Waals surface area contributed by atoms with Crippen LogP contribution >= 0.6 is 0 Å². The molecule has 0 bridgehead atoms. The van der Waals surface area contributed by atoms with Crippen LogP contribution in [0.4, 0.5) is 25.8 Å². The maximum absolute atomic E-state index is 13.4. The number of ketones is 1. The van der Waals surface area contributed by atoms with E-state index in [1.165, 1.54) is 6.07 Å². The van der Waals surface area contributed by atoms with E-state index in [4.69, 9.17) is 0 Å². The van der Waals surface area contributed by atoms with E-state index in [0.29, 0.717) is 22.8 Å². The van der Waals surface area contributed by atoms with Crippen LogP contribution in [0.25, 0.3) is 5.69 Å². The highest BCUT2D eigenvalue weighted by molar-refractivity contribution is 7.90. The van der Waals surface area contributed by atoms with Gasteiger partial charge in [-0.3, -0.25) is 9.78 Å². The van der Waals surface area contributed by atoms with Crippen LogP contribution < -0.4 is 5.32 Å². The second-order valence-corrected chi connectivity index (χ2v) is 10.9. The average Bonchev–Trinajstić information content (AvgIpc) is 3.41. The summed E-state index contributed by atoms with van der Waals surface area (Å²) in [6.07, 6.45) is 1.76. The zero-order valence-electron chi connectivity index (χ0n) is 19.1.